The average molecular weight is 399 g/mol. The molecule has 0 saturated carbocycles. The number of nitrogens with one attached hydrogen (secondary N) is 2. The van der Waals surface area contributed by atoms with Crippen LogP contribution in [0.4, 0.5) is 20.3 Å². The van der Waals surface area contributed by atoms with Gasteiger partial charge in [0.1, 0.15) is 23.1 Å². The molecule has 6 nitrogen and oxygen atoms in total. The van der Waals surface area contributed by atoms with E-state index >= 15 is 0 Å². The van der Waals surface area contributed by atoms with E-state index in [9.17, 15) is 13.6 Å². The first kappa shape index (κ1) is 20.1. The second-order valence-corrected chi connectivity index (χ2v) is 6.02. The van der Waals surface area contributed by atoms with Crippen LogP contribution in [0.25, 0.3) is 0 Å². The maximum absolute atomic E-state index is 13.7. The third-order valence-corrected chi connectivity index (χ3v) is 4.15. The molecule has 1 amide bonds. The van der Waals surface area contributed by atoms with Gasteiger partial charge in [0.15, 0.2) is 11.5 Å². The van der Waals surface area contributed by atoms with Gasteiger partial charge in [-0.2, -0.15) is 0 Å². The molecule has 0 spiro atoms. The van der Waals surface area contributed by atoms with Crippen molar-refractivity contribution in [2.45, 2.75) is 6.54 Å². The third kappa shape index (κ3) is 4.78. The zero-order valence-electron chi connectivity index (χ0n) is 15.8. The van der Waals surface area contributed by atoms with Gasteiger partial charge in [0.05, 0.1) is 14.2 Å². The lowest BCUT2D eigenvalue weighted by atomic mass is 10.2. The molecule has 0 atom stereocenters. The molecule has 2 aromatic carbocycles. The van der Waals surface area contributed by atoms with Crippen LogP contribution in [0.3, 0.4) is 0 Å². The highest BCUT2D eigenvalue weighted by molar-refractivity contribution is 6.04. The van der Waals surface area contributed by atoms with Crippen LogP contribution >= 0.6 is 0 Å². The maximum Gasteiger partial charge on any atom is 0.256 e. The minimum atomic E-state index is -0.848. The summed E-state index contributed by atoms with van der Waals surface area (Å²) in [5, 5.41) is 5.34. The van der Waals surface area contributed by atoms with Crippen molar-refractivity contribution in [3.8, 4) is 11.5 Å². The molecule has 3 aromatic rings. The molecule has 3 rings (SSSR count). The Morgan fingerprint density at radius 2 is 1.72 bits per heavy atom. The molecule has 2 N–H and O–H groups in total. The molecule has 8 heteroatoms. The fourth-order valence-electron chi connectivity index (χ4n) is 2.65. The highest BCUT2D eigenvalue weighted by Gasteiger charge is 2.14. The van der Waals surface area contributed by atoms with Crippen LogP contribution in [0.1, 0.15) is 15.9 Å². The molecule has 1 aromatic heterocycles. The van der Waals surface area contributed by atoms with E-state index in [1.165, 1.54) is 24.4 Å². The second kappa shape index (κ2) is 9.01. The van der Waals surface area contributed by atoms with Gasteiger partial charge in [-0.15, -0.1) is 0 Å². The van der Waals surface area contributed by atoms with E-state index < -0.39 is 23.2 Å². The fourth-order valence-corrected chi connectivity index (χ4v) is 2.65. The van der Waals surface area contributed by atoms with E-state index in [4.69, 9.17) is 9.47 Å². The lowest BCUT2D eigenvalue weighted by Crippen LogP contribution is -2.15. The van der Waals surface area contributed by atoms with Crippen LogP contribution in [0, 0.1) is 11.6 Å². The molecule has 150 valence electrons. The van der Waals surface area contributed by atoms with Crippen molar-refractivity contribution in [1.29, 1.82) is 0 Å². The van der Waals surface area contributed by atoms with Crippen molar-refractivity contribution in [2.75, 3.05) is 24.9 Å². The summed E-state index contributed by atoms with van der Waals surface area (Å²) in [4.78, 5) is 16.5. The summed E-state index contributed by atoms with van der Waals surface area (Å²) in [6.45, 7) is 0.417. The number of para-hydroxylation sites is 1. The highest BCUT2D eigenvalue weighted by Crippen LogP contribution is 2.27. The van der Waals surface area contributed by atoms with E-state index in [1.807, 2.05) is 12.1 Å². The van der Waals surface area contributed by atoms with E-state index in [0.29, 0.717) is 23.9 Å². The highest BCUT2D eigenvalue weighted by atomic mass is 19.1. The Bertz CT molecular complexity index is 1010. The number of hydrogen-bond acceptors (Lipinski definition) is 5. The molecule has 0 saturated heterocycles. The normalized spacial score (nSPS) is 10.3. The summed E-state index contributed by atoms with van der Waals surface area (Å²) in [5.41, 5.74) is 0.624. The molecular formula is C21H19F2N3O3. The van der Waals surface area contributed by atoms with Gasteiger partial charge in [-0.1, -0.05) is 12.1 Å². The SMILES string of the molecule is COc1ccc(CNc2cc(C(=O)Nc3c(F)cccc3F)ccn2)cc1OC. The smallest absolute Gasteiger partial charge is 0.256 e. The second-order valence-electron chi connectivity index (χ2n) is 6.02. The Kier molecular flexibility index (Phi) is 6.23. The number of halogens is 2. The van der Waals surface area contributed by atoms with Gasteiger partial charge in [-0.05, 0) is 42.0 Å². The van der Waals surface area contributed by atoms with Gasteiger partial charge in [-0.25, -0.2) is 13.8 Å². The van der Waals surface area contributed by atoms with Crippen LogP contribution in [-0.2, 0) is 6.54 Å². The van der Waals surface area contributed by atoms with Crippen molar-refractivity contribution in [2.24, 2.45) is 0 Å². The van der Waals surface area contributed by atoms with E-state index in [-0.39, 0.29) is 5.56 Å². The van der Waals surface area contributed by atoms with Crippen molar-refractivity contribution < 1.29 is 23.0 Å². The maximum atomic E-state index is 13.7. The minimum absolute atomic E-state index is 0.206. The molecular weight excluding hydrogens is 380 g/mol. The number of aromatic nitrogens is 1. The van der Waals surface area contributed by atoms with Crippen LogP contribution in [0.5, 0.6) is 11.5 Å². The summed E-state index contributed by atoms with van der Waals surface area (Å²) in [6, 6.07) is 11.8. The monoisotopic (exact) mass is 399 g/mol. The van der Waals surface area contributed by atoms with E-state index in [0.717, 1.165) is 17.7 Å². The predicted molar refractivity (Wildman–Crippen MR) is 105 cm³/mol. The zero-order valence-corrected chi connectivity index (χ0v) is 15.8. The Morgan fingerprint density at radius 1 is 1.00 bits per heavy atom. The number of hydrogen-bond donors (Lipinski definition) is 2. The topological polar surface area (TPSA) is 72.5 Å². The largest absolute Gasteiger partial charge is 0.493 e. The number of rotatable bonds is 7. The number of carbonyl (C=O) groups excluding carboxylic acids is 1. The molecule has 29 heavy (non-hydrogen) atoms. The number of methoxy groups -OCH3 is 2. The molecule has 0 radical (unpaired) electrons. The standard InChI is InChI=1S/C21H19F2N3O3/c1-28-17-7-6-13(10-18(17)29-2)12-25-19-11-14(8-9-24-19)21(27)26-20-15(22)4-3-5-16(20)23/h3-11H,12H2,1-2H3,(H,24,25)(H,26,27). The van der Waals surface area contributed by atoms with Gasteiger partial charge in [0, 0.05) is 18.3 Å². The van der Waals surface area contributed by atoms with Gasteiger partial charge in [0.25, 0.3) is 5.91 Å². The molecule has 0 unspecified atom stereocenters. The Balaban J connectivity index is 1.70. The fraction of sp³-hybridized carbons (Fsp3) is 0.143. The quantitative estimate of drug-likeness (QED) is 0.622. The molecule has 0 aliphatic rings. The lowest BCUT2D eigenvalue weighted by molar-refractivity contribution is 0.102. The minimum Gasteiger partial charge on any atom is -0.493 e. The summed E-state index contributed by atoms with van der Waals surface area (Å²) in [6.07, 6.45) is 1.43. The molecule has 0 aliphatic carbocycles. The van der Waals surface area contributed by atoms with Gasteiger partial charge in [0.2, 0.25) is 0 Å². The number of pyridine rings is 1. The first-order valence-corrected chi connectivity index (χ1v) is 8.68. The Labute approximate surface area is 166 Å². The number of anilines is 2. The van der Waals surface area contributed by atoms with Gasteiger partial charge < -0.3 is 20.1 Å². The van der Waals surface area contributed by atoms with Gasteiger partial charge in [-0.3, -0.25) is 4.79 Å². The predicted octanol–water partition coefficient (Wildman–Crippen LogP) is 4.24. The van der Waals surface area contributed by atoms with Crippen molar-refractivity contribution >= 4 is 17.4 Å². The summed E-state index contributed by atoms with van der Waals surface area (Å²) >= 11 is 0. The van der Waals surface area contributed by atoms with Crippen molar-refractivity contribution in [1.82, 2.24) is 4.98 Å². The van der Waals surface area contributed by atoms with E-state index in [2.05, 4.69) is 15.6 Å². The Hall–Kier alpha value is -3.68. The van der Waals surface area contributed by atoms with E-state index in [1.54, 1.807) is 20.3 Å². The van der Waals surface area contributed by atoms with Crippen molar-refractivity contribution in [3.63, 3.8) is 0 Å². The van der Waals surface area contributed by atoms with Crippen LogP contribution in [-0.4, -0.2) is 25.1 Å². The number of ether oxygens (including phenoxy) is 2. The van der Waals surface area contributed by atoms with Crippen LogP contribution in [0.2, 0.25) is 0 Å². The Morgan fingerprint density at radius 3 is 2.41 bits per heavy atom. The number of benzene rings is 2. The third-order valence-electron chi connectivity index (χ3n) is 4.15. The molecule has 0 aliphatic heterocycles. The van der Waals surface area contributed by atoms with Gasteiger partial charge >= 0.3 is 0 Å². The van der Waals surface area contributed by atoms with Crippen LogP contribution < -0.4 is 20.1 Å². The molecule has 0 fully saturated rings. The number of carbonyl (C=O) groups is 1. The molecule has 0 bridgehead atoms. The summed E-state index contributed by atoms with van der Waals surface area (Å²) < 4.78 is 37.9. The zero-order chi connectivity index (χ0) is 20.8. The summed E-state index contributed by atoms with van der Waals surface area (Å²) in [7, 11) is 3.11. The van der Waals surface area contributed by atoms with Crippen molar-refractivity contribution in [3.05, 3.63) is 77.5 Å². The first-order valence-electron chi connectivity index (χ1n) is 8.68. The first-order chi connectivity index (χ1) is 14.0. The average Bonchev–Trinajstić information content (AvgIpc) is 2.74. The lowest BCUT2D eigenvalue weighted by Gasteiger charge is -2.11. The molecule has 1 heterocycles. The van der Waals surface area contributed by atoms with Crippen LogP contribution in [0.15, 0.2) is 54.7 Å². The number of amides is 1. The number of nitrogens with zero attached hydrogens (tertiary/aromatic N) is 1. The summed E-state index contributed by atoms with van der Waals surface area (Å²) in [5.74, 6) is -0.696.